The summed E-state index contributed by atoms with van der Waals surface area (Å²) in [5.41, 5.74) is 1.31. The average molecular weight is 302 g/mol. The standard InChI is InChI=1S/C11H12BrNO4/c1-6-2-3-7(4-8(6)12)10(15)13-9(5-14)11(16)17/h2-4,9,14H,5H2,1H3,(H,13,15)(H,16,17). The molecular weight excluding hydrogens is 290 g/mol. The molecule has 1 atom stereocenters. The monoisotopic (exact) mass is 301 g/mol. The van der Waals surface area contributed by atoms with E-state index < -0.39 is 24.5 Å². The van der Waals surface area contributed by atoms with Crippen LogP contribution in [-0.4, -0.2) is 34.7 Å². The molecule has 0 saturated carbocycles. The number of rotatable bonds is 4. The summed E-state index contributed by atoms with van der Waals surface area (Å²) < 4.78 is 0.765. The van der Waals surface area contributed by atoms with Crippen molar-refractivity contribution in [3.05, 3.63) is 33.8 Å². The quantitative estimate of drug-likeness (QED) is 0.772. The van der Waals surface area contributed by atoms with Gasteiger partial charge in [0.1, 0.15) is 0 Å². The largest absolute Gasteiger partial charge is 0.480 e. The highest BCUT2D eigenvalue weighted by Gasteiger charge is 2.19. The van der Waals surface area contributed by atoms with E-state index in [0.29, 0.717) is 5.56 Å². The predicted molar refractivity (Wildman–Crippen MR) is 64.9 cm³/mol. The fourth-order valence-electron chi connectivity index (χ4n) is 1.16. The Morgan fingerprint density at radius 3 is 2.59 bits per heavy atom. The lowest BCUT2D eigenvalue weighted by atomic mass is 10.1. The van der Waals surface area contributed by atoms with Crippen molar-refractivity contribution < 1.29 is 19.8 Å². The summed E-state index contributed by atoms with van der Waals surface area (Å²) in [5.74, 6) is -1.81. The summed E-state index contributed by atoms with van der Waals surface area (Å²) in [5, 5.41) is 19.7. The second-order valence-electron chi connectivity index (χ2n) is 3.51. The molecule has 0 spiro atoms. The van der Waals surface area contributed by atoms with Gasteiger partial charge in [-0.2, -0.15) is 0 Å². The first kappa shape index (κ1) is 13.7. The number of carboxylic acid groups (broad SMARTS) is 1. The summed E-state index contributed by atoms with van der Waals surface area (Å²) in [6.45, 7) is 1.23. The van der Waals surface area contributed by atoms with Crippen LogP contribution in [0.4, 0.5) is 0 Å². The summed E-state index contributed by atoms with van der Waals surface area (Å²) in [4.78, 5) is 22.3. The molecule has 0 heterocycles. The molecule has 0 aliphatic rings. The van der Waals surface area contributed by atoms with Crippen LogP contribution in [0, 0.1) is 6.92 Å². The molecule has 0 saturated heterocycles. The fourth-order valence-corrected chi connectivity index (χ4v) is 1.54. The molecule has 0 fully saturated rings. The van der Waals surface area contributed by atoms with Gasteiger partial charge in [-0.15, -0.1) is 0 Å². The Hall–Kier alpha value is -1.40. The van der Waals surface area contributed by atoms with Crippen molar-refractivity contribution in [2.24, 2.45) is 0 Å². The highest BCUT2D eigenvalue weighted by Crippen LogP contribution is 2.17. The SMILES string of the molecule is Cc1ccc(C(=O)NC(CO)C(=O)O)cc1Br. The number of aliphatic hydroxyl groups excluding tert-OH is 1. The second-order valence-corrected chi connectivity index (χ2v) is 4.37. The average Bonchev–Trinajstić information content (AvgIpc) is 2.28. The maximum atomic E-state index is 11.7. The van der Waals surface area contributed by atoms with E-state index in [4.69, 9.17) is 10.2 Å². The van der Waals surface area contributed by atoms with Crippen molar-refractivity contribution in [1.29, 1.82) is 0 Å². The summed E-state index contributed by atoms with van der Waals surface area (Å²) in [6.07, 6.45) is 0. The number of carbonyl (C=O) groups is 2. The molecule has 3 N–H and O–H groups in total. The lowest BCUT2D eigenvalue weighted by Gasteiger charge is -2.12. The summed E-state index contributed by atoms with van der Waals surface area (Å²) in [6, 6.07) is 3.64. The Kier molecular flexibility index (Phi) is 4.65. The molecule has 1 rings (SSSR count). The van der Waals surface area contributed by atoms with Gasteiger partial charge in [-0.25, -0.2) is 4.79 Å². The van der Waals surface area contributed by atoms with Crippen LogP contribution in [0.5, 0.6) is 0 Å². The minimum absolute atomic E-state index is 0.335. The van der Waals surface area contributed by atoms with E-state index in [-0.39, 0.29) is 0 Å². The van der Waals surface area contributed by atoms with Crippen molar-refractivity contribution in [3.63, 3.8) is 0 Å². The van der Waals surface area contributed by atoms with E-state index in [0.717, 1.165) is 10.0 Å². The van der Waals surface area contributed by atoms with Crippen LogP contribution < -0.4 is 5.32 Å². The van der Waals surface area contributed by atoms with Crippen LogP contribution in [-0.2, 0) is 4.79 Å². The third kappa shape index (κ3) is 3.54. The van der Waals surface area contributed by atoms with Crippen molar-refractivity contribution in [2.75, 3.05) is 6.61 Å². The van der Waals surface area contributed by atoms with Gasteiger partial charge in [0.25, 0.3) is 5.91 Å². The van der Waals surface area contributed by atoms with Gasteiger partial charge in [-0.3, -0.25) is 4.79 Å². The molecule has 0 aromatic heterocycles. The lowest BCUT2D eigenvalue weighted by molar-refractivity contribution is -0.140. The van der Waals surface area contributed by atoms with Crippen LogP contribution in [0.2, 0.25) is 0 Å². The number of benzene rings is 1. The third-order valence-corrected chi connectivity index (χ3v) is 3.07. The Labute approximate surface area is 107 Å². The fraction of sp³-hybridized carbons (Fsp3) is 0.273. The van der Waals surface area contributed by atoms with E-state index in [2.05, 4.69) is 21.2 Å². The zero-order valence-corrected chi connectivity index (χ0v) is 10.7. The zero-order valence-electron chi connectivity index (χ0n) is 9.11. The molecule has 1 aromatic carbocycles. The molecule has 0 radical (unpaired) electrons. The van der Waals surface area contributed by atoms with Gasteiger partial charge in [0, 0.05) is 10.0 Å². The molecule has 17 heavy (non-hydrogen) atoms. The topological polar surface area (TPSA) is 86.6 Å². The molecule has 6 heteroatoms. The Morgan fingerprint density at radius 1 is 1.47 bits per heavy atom. The molecule has 1 unspecified atom stereocenters. The first-order valence-electron chi connectivity index (χ1n) is 4.86. The van der Waals surface area contributed by atoms with Crippen LogP contribution in [0.25, 0.3) is 0 Å². The number of amides is 1. The van der Waals surface area contributed by atoms with Crippen molar-refractivity contribution >= 4 is 27.8 Å². The van der Waals surface area contributed by atoms with Crippen LogP contribution in [0.15, 0.2) is 22.7 Å². The molecule has 92 valence electrons. The molecule has 0 aliphatic carbocycles. The van der Waals surface area contributed by atoms with E-state index in [1.807, 2.05) is 6.92 Å². The van der Waals surface area contributed by atoms with E-state index in [9.17, 15) is 9.59 Å². The van der Waals surface area contributed by atoms with E-state index >= 15 is 0 Å². The minimum atomic E-state index is -1.29. The minimum Gasteiger partial charge on any atom is -0.480 e. The normalized spacial score (nSPS) is 11.9. The number of aliphatic carboxylic acids is 1. The summed E-state index contributed by atoms with van der Waals surface area (Å²) >= 11 is 3.28. The summed E-state index contributed by atoms with van der Waals surface area (Å²) in [7, 11) is 0. The first-order chi connectivity index (χ1) is 7.95. The third-order valence-electron chi connectivity index (χ3n) is 2.22. The maximum absolute atomic E-state index is 11.7. The Morgan fingerprint density at radius 2 is 2.12 bits per heavy atom. The van der Waals surface area contributed by atoms with Crippen molar-refractivity contribution in [3.8, 4) is 0 Å². The predicted octanol–water partition coefficient (Wildman–Crippen LogP) is 0.933. The van der Waals surface area contributed by atoms with Gasteiger partial charge in [0.15, 0.2) is 6.04 Å². The number of hydrogen-bond donors (Lipinski definition) is 3. The first-order valence-corrected chi connectivity index (χ1v) is 5.65. The molecule has 0 aliphatic heterocycles. The second kappa shape index (κ2) is 5.79. The van der Waals surface area contributed by atoms with Gasteiger partial charge < -0.3 is 15.5 Å². The highest BCUT2D eigenvalue weighted by atomic mass is 79.9. The highest BCUT2D eigenvalue weighted by molar-refractivity contribution is 9.10. The number of nitrogens with one attached hydrogen (secondary N) is 1. The number of hydrogen-bond acceptors (Lipinski definition) is 3. The van der Waals surface area contributed by atoms with Gasteiger partial charge in [0.2, 0.25) is 0 Å². The molecule has 1 amide bonds. The van der Waals surface area contributed by atoms with Crippen molar-refractivity contribution in [1.82, 2.24) is 5.32 Å². The van der Waals surface area contributed by atoms with Crippen LogP contribution >= 0.6 is 15.9 Å². The molecule has 5 nitrogen and oxygen atoms in total. The van der Waals surface area contributed by atoms with Gasteiger partial charge in [-0.1, -0.05) is 22.0 Å². The van der Waals surface area contributed by atoms with Crippen LogP contribution in [0.1, 0.15) is 15.9 Å². The van der Waals surface area contributed by atoms with Crippen LogP contribution in [0.3, 0.4) is 0 Å². The number of aryl methyl sites for hydroxylation is 1. The van der Waals surface area contributed by atoms with E-state index in [1.165, 1.54) is 0 Å². The van der Waals surface area contributed by atoms with Gasteiger partial charge in [-0.05, 0) is 24.6 Å². The van der Waals surface area contributed by atoms with E-state index in [1.54, 1.807) is 18.2 Å². The van der Waals surface area contributed by atoms with Crippen molar-refractivity contribution in [2.45, 2.75) is 13.0 Å². The number of carbonyl (C=O) groups excluding carboxylic acids is 1. The Bertz CT molecular complexity index is 447. The number of carboxylic acids is 1. The molecule has 1 aromatic rings. The number of aliphatic hydroxyl groups is 1. The number of halogens is 1. The maximum Gasteiger partial charge on any atom is 0.328 e. The molecular formula is C11H12BrNO4. The van der Waals surface area contributed by atoms with Gasteiger partial charge >= 0.3 is 5.97 Å². The molecule has 0 bridgehead atoms. The zero-order chi connectivity index (χ0) is 13.0. The smallest absolute Gasteiger partial charge is 0.328 e. The van der Waals surface area contributed by atoms with Gasteiger partial charge in [0.05, 0.1) is 6.61 Å². The Balaban J connectivity index is 2.82. The lowest BCUT2D eigenvalue weighted by Crippen LogP contribution is -2.43.